The molecule has 0 atom stereocenters. The molecule has 1 aromatic carbocycles. The fourth-order valence-electron chi connectivity index (χ4n) is 1.56. The van der Waals surface area contributed by atoms with Gasteiger partial charge in [-0.05, 0) is 18.6 Å². The Morgan fingerprint density at radius 1 is 1.33 bits per heavy atom. The van der Waals surface area contributed by atoms with Gasteiger partial charge in [0.05, 0.1) is 5.69 Å². The van der Waals surface area contributed by atoms with E-state index in [4.69, 9.17) is 9.52 Å². The van der Waals surface area contributed by atoms with Crippen LogP contribution in [0.2, 0.25) is 0 Å². The highest BCUT2D eigenvalue weighted by Crippen LogP contribution is 2.24. The van der Waals surface area contributed by atoms with E-state index in [1.54, 1.807) is 6.92 Å². The third-order valence-electron chi connectivity index (χ3n) is 2.34. The third kappa shape index (κ3) is 2.22. The number of hydrogen-bond donors (Lipinski definition) is 1. The smallest absolute Gasteiger partial charge is 0.373 e. The molecule has 0 unspecified atom stereocenters. The zero-order chi connectivity index (χ0) is 13.3. The number of rotatable bonds is 3. The zero-order valence-corrected chi connectivity index (χ0v) is 9.41. The van der Waals surface area contributed by atoms with Gasteiger partial charge in [-0.15, -0.1) is 0 Å². The lowest BCUT2D eigenvalue weighted by Crippen LogP contribution is -1.98. The Morgan fingerprint density at radius 3 is 2.39 bits per heavy atom. The molecule has 0 saturated carbocycles. The number of hydrogen-bond acceptors (Lipinski definition) is 3. The Bertz CT molecular complexity index is 587. The lowest BCUT2D eigenvalue weighted by Gasteiger charge is -1.96. The molecule has 0 aliphatic heterocycles. The van der Waals surface area contributed by atoms with Crippen LogP contribution in [0.4, 0.5) is 8.78 Å². The first-order valence-corrected chi connectivity index (χ1v) is 5.20. The molecule has 0 fully saturated rings. The molecule has 2 rings (SSSR count). The lowest BCUT2D eigenvalue weighted by atomic mass is 10.2. The predicted molar refractivity (Wildman–Crippen MR) is 58.2 cm³/mol. The van der Waals surface area contributed by atoms with Crippen LogP contribution in [0.1, 0.15) is 23.2 Å². The van der Waals surface area contributed by atoms with Crippen LogP contribution in [0.25, 0.3) is 11.5 Å². The number of aromatic nitrogens is 1. The van der Waals surface area contributed by atoms with Gasteiger partial charge in [-0.25, -0.2) is 18.6 Å². The van der Waals surface area contributed by atoms with Gasteiger partial charge in [-0.3, -0.25) is 0 Å². The largest absolute Gasteiger partial charge is 0.475 e. The summed E-state index contributed by atoms with van der Waals surface area (Å²) in [6.45, 7) is 1.71. The van der Waals surface area contributed by atoms with E-state index in [-0.39, 0.29) is 22.9 Å². The van der Waals surface area contributed by atoms with Gasteiger partial charge in [-0.2, -0.15) is 0 Å². The Balaban J connectivity index is 2.54. The minimum Gasteiger partial charge on any atom is -0.475 e. The molecule has 1 aromatic heterocycles. The summed E-state index contributed by atoms with van der Waals surface area (Å²) in [5.74, 6) is -3.24. The van der Waals surface area contributed by atoms with Gasteiger partial charge in [0.1, 0.15) is 11.6 Å². The van der Waals surface area contributed by atoms with E-state index >= 15 is 0 Å². The fourth-order valence-corrected chi connectivity index (χ4v) is 1.56. The summed E-state index contributed by atoms with van der Waals surface area (Å²) in [6, 6.07) is 2.77. The molecule has 18 heavy (non-hydrogen) atoms. The monoisotopic (exact) mass is 253 g/mol. The standard InChI is InChI=1S/C12H9F2NO3/c1-2-9-10(12(16)17)18-11(15-9)6-3-7(13)5-8(14)4-6/h3-5H,2H2,1H3,(H,16,17). The SMILES string of the molecule is CCc1nc(-c2cc(F)cc(F)c2)oc1C(=O)O. The highest BCUT2D eigenvalue weighted by molar-refractivity contribution is 5.86. The van der Waals surface area contributed by atoms with Crippen LogP contribution in [-0.4, -0.2) is 16.1 Å². The maximum Gasteiger partial charge on any atom is 0.373 e. The highest BCUT2D eigenvalue weighted by atomic mass is 19.1. The molecule has 0 spiro atoms. The van der Waals surface area contributed by atoms with Crippen LogP contribution in [0.15, 0.2) is 22.6 Å². The molecule has 1 N–H and O–H groups in total. The van der Waals surface area contributed by atoms with Crippen LogP contribution < -0.4 is 0 Å². The quantitative estimate of drug-likeness (QED) is 0.913. The first kappa shape index (κ1) is 12.2. The molecule has 2 aromatic rings. The molecule has 0 aliphatic rings. The number of carbonyl (C=O) groups is 1. The number of oxazole rings is 1. The minimum absolute atomic E-state index is 0.0645. The van der Waals surface area contributed by atoms with E-state index in [0.717, 1.165) is 12.1 Å². The van der Waals surface area contributed by atoms with Gasteiger partial charge in [0.15, 0.2) is 0 Å². The molecule has 94 valence electrons. The normalized spacial score (nSPS) is 10.6. The zero-order valence-electron chi connectivity index (χ0n) is 9.41. The number of nitrogens with zero attached hydrogens (tertiary/aromatic N) is 1. The summed E-state index contributed by atoms with van der Waals surface area (Å²) in [4.78, 5) is 14.8. The molecule has 6 heteroatoms. The lowest BCUT2D eigenvalue weighted by molar-refractivity contribution is 0.0662. The summed E-state index contributed by atoms with van der Waals surface area (Å²) in [5, 5.41) is 8.88. The van der Waals surface area contributed by atoms with Crippen molar-refractivity contribution in [1.82, 2.24) is 4.98 Å². The molecule has 0 bridgehead atoms. The number of carboxylic acid groups (broad SMARTS) is 1. The van der Waals surface area contributed by atoms with Crippen LogP contribution >= 0.6 is 0 Å². The Hall–Kier alpha value is -2.24. The van der Waals surface area contributed by atoms with Crippen LogP contribution in [0.3, 0.4) is 0 Å². The van der Waals surface area contributed by atoms with Crippen molar-refractivity contribution in [3.05, 3.63) is 41.3 Å². The average Bonchev–Trinajstić information content (AvgIpc) is 2.71. The number of aromatic carboxylic acids is 1. The van der Waals surface area contributed by atoms with E-state index in [1.807, 2.05) is 0 Å². The van der Waals surface area contributed by atoms with Gasteiger partial charge in [0, 0.05) is 11.6 Å². The van der Waals surface area contributed by atoms with E-state index in [0.29, 0.717) is 12.5 Å². The summed E-state index contributed by atoms with van der Waals surface area (Å²) < 4.78 is 31.1. The number of carboxylic acids is 1. The molecule has 0 amide bonds. The van der Waals surface area contributed by atoms with Crippen molar-refractivity contribution in [2.75, 3.05) is 0 Å². The van der Waals surface area contributed by atoms with Gasteiger partial charge in [0.25, 0.3) is 0 Å². The van der Waals surface area contributed by atoms with Crippen molar-refractivity contribution in [3.8, 4) is 11.5 Å². The first-order chi connectivity index (χ1) is 8.51. The van der Waals surface area contributed by atoms with Gasteiger partial charge >= 0.3 is 5.97 Å². The van der Waals surface area contributed by atoms with E-state index in [2.05, 4.69) is 4.98 Å². The molecule has 0 aliphatic carbocycles. The molecule has 0 radical (unpaired) electrons. The van der Waals surface area contributed by atoms with Crippen LogP contribution in [-0.2, 0) is 6.42 Å². The second-order valence-corrected chi connectivity index (χ2v) is 3.61. The maximum atomic E-state index is 13.0. The predicted octanol–water partition coefficient (Wildman–Crippen LogP) is 2.88. The topological polar surface area (TPSA) is 63.3 Å². The number of benzene rings is 1. The maximum absolute atomic E-state index is 13.0. The van der Waals surface area contributed by atoms with Crippen molar-refractivity contribution >= 4 is 5.97 Å². The Labute approximate surface area is 101 Å². The van der Waals surface area contributed by atoms with Crippen molar-refractivity contribution in [1.29, 1.82) is 0 Å². The minimum atomic E-state index is -1.26. The third-order valence-corrected chi connectivity index (χ3v) is 2.34. The Morgan fingerprint density at radius 2 is 1.94 bits per heavy atom. The second kappa shape index (κ2) is 4.56. The van der Waals surface area contributed by atoms with Gasteiger partial charge in [-0.1, -0.05) is 6.92 Å². The molecular weight excluding hydrogens is 244 g/mol. The van der Waals surface area contributed by atoms with E-state index in [9.17, 15) is 13.6 Å². The van der Waals surface area contributed by atoms with Gasteiger partial charge < -0.3 is 9.52 Å². The van der Waals surface area contributed by atoms with E-state index < -0.39 is 17.6 Å². The molecule has 0 saturated heterocycles. The number of aryl methyl sites for hydroxylation is 1. The number of halogens is 2. The first-order valence-electron chi connectivity index (χ1n) is 5.20. The summed E-state index contributed by atoms with van der Waals surface area (Å²) in [6.07, 6.45) is 0.350. The fraction of sp³-hybridized carbons (Fsp3) is 0.167. The summed E-state index contributed by atoms with van der Waals surface area (Å²) >= 11 is 0. The molecular formula is C12H9F2NO3. The second-order valence-electron chi connectivity index (χ2n) is 3.61. The summed E-state index contributed by atoms with van der Waals surface area (Å²) in [7, 11) is 0. The molecule has 1 heterocycles. The Kier molecular flexibility index (Phi) is 3.10. The van der Waals surface area contributed by atoms with Crippen molar-refractivity contribution < 1.29 is 23.1 Å². The van der Waals surface area contributed by atoms with Crippen molar-refractivity contribution in [2.24, 2.45) is 0 Å². The average molecular weight is 253 g/mol. The molecule has 4 nitrogen and oxygen atoms in total. The van der Waals surface area contributed by atoms with Crippen LogP contribution in [0.5, 0.6) is 0 Å². The van der Waals surface area contributed by atoms with E-state index in [1.165, 1.54) is 0 Å². The van der Waals surface area contributed by atoms with Gasteiger partial charge in [0.2, 0.25) is 11.7 Å². The van der Waals surface area contributed by atoms with Crippen molar-refractivity contribution in [3.63, 3.8) is 0 Å². The summed E-state index contributed by atoms with van der Waals surface area (Å²) in [5.41, 5.74) is 0.303. The highest BCUT2D eigenvalue weighted by Gasteiger charge is 2.19. The van der Waals surface area contributed by atoms with Crippen LogP contribution in [0, 0.1) is 11.6 Å². The van der Waals surface area contributed by atoms with Crippen molar-refractivity contribution in [2.45, 2.75) is 13.3 Å².